The molecule has 0 spiro atoms. The van der Waals surface area contributed by atoms with E-state index in [9.17, 15) is 38.3 Å². The molecule has 73 heavy (non-hydrogen) atoms. The van der Waals surface area contributed by atoms with Gasteiger partial charge in [-0.2, -0.15) is 0 Å². The molecule has 0 bridgehead atoms. The lowest BCUT2D eigenvalue weighted by molar-refractivity contribution is -0.369. The van der Waals surface area contributed by atoms with Gasteiger partial charge in [0.1, 0.15) is 24.4 Å². The number of phenols is 1. The fraction of sp³-hybridized carbons (Fsp3) is 0.451. The van der Waals surface area contributed by atoms with Crippen LogP contribution < -0.4 is 29.6 Å². The summed E-state index contributed by atoms with van der Waals surface area (Å²) in [5.74, 6) is -2.17. The Morgan fingerprint density at radius 3 is 2.32 bits per heavy atom. The molecule has 19 nitrogen and oxygen atoms in total. The molecule has 386 valence electrons. The standard InChI is InChI=1S/C51H55BF2N4O15/c1-24-15-25(2)58(52(53)54)34(24)18-30-10-9-29(57-30)11-12-40(59)55-13-14-56-48(63)26-5-7-27(8-6-26)50-68-22-39-47(73-50)44(61)45(62)51(71-39)72-46-32-20-36-35(69-23-70-36)19-31(32)41(42-33(46)21-67-49(42)64)28-16-37(65-3)43(60)38(17-28)66-4/h5-10,15-17,19-20,30,33,39,41-42,44-47,50-51,60-62H,11-14,18,21-23H2,1-4H3,(H,55,59)(H,56,63)/t30?,33?,39-,41-,42+,44-,45-,46-,47+,50-,51+/m1/s1. The van der Waals surface area contributed by atoms with Crippen LogP contribution in [-0.2, 0) is 39.7 Å². The number of aliphatic hydroxyl groups is 2. The van der Waals surface area contributed by atoms with Crippen molar-refractivity contribution in [1.29, 1.82) is 0 Å². The maximum Gasteiger partial charge on any atom is 0.677 e. The summed E-state index contributed by atoms with van der Waals surface area (Å²) in [5.41, 5.74) is 5.25. The van der Waals surface area contributed by atoms with Gasteiger partial charge in [-0.25, -0.2) is 0 Å². The van der Waals surface area contributed by atoms with E-state index in [0.29, 0.717) is 69.3 Å². The van der Waals surface area contributed by atoms with Crippen LogP contribution in [0.1, 0.15) is 80.7 Å². The largest absolute Gasteiger partial charge is 0.677 e. The van der Waals surface area contributed by atoms with Gasteiger partial charge >= 0.3 is 13.4 Å². The minimum Gasteiger partial charge on any atom is -0.502 e. The molecule has 0 saturated carbocycles. The minimum atomic E-state index is -2.63. The molecular weight excluding hydrogens is 957 g/mol. The third-order valence-corrected chi connectivity index (χ3v) is 14.4. The second-order valence-electron chi connectivity index (χ2n) is 18.8. The third-order valence-electron chi connectivity index (χ3n) is 14.4. The zero-order chi connectivity index (χ0) is 51.2. The Morgan fingerprint density at radius 2 is 1.60 bits per heavy atom. The van der Waals surface area contributed by atoms with Crippen molar-refractivity contribution < 1.29 is 81.0 Å². The number of ether oxygens (including phenoxy) is 9. The van der Waals surface area contributed by atoms with Gasteiger partial charge in [-0.1, -0.05) is 18.2 Å². The average molecular weight is 1010 g/mol. The number of hydrogen-bond acceptors (Lipinski definition) is 16. The summed E-state index contributed by atoms with van der Waals surface area (Å²) < 4.78 is 81.5. The van der Waals surface area contributed by atoms with Gasteiger partial charge in [0.05, 0.1) is 45.5 Å². The van der Waals surface area contributed by atoms with E-state index < -0.39 is 74.2 Å². The van der Waals surface area contributed by atoms with E-state index in [-0.39, 0.29) is 74.6 Å². The van der Waals surface area contributed by atoms with Crippen molar-refractivity contribution in [2.75, 3.05) is 47.3 Å². The van der Waals surface area contributed by atoms with Crippen molar-refractivity contribution in [3.8, 4) is 28.7 Å². The number of carbonyl (C=O) groups excluding carboxylic acids is 3. The number of benzene rings is 3. The lowest BCUT2D eigenvalue weighted by atomic mass is 9.66. The highest BCUT2D eigenvalue weighted by atomic mass is 19.2. The number of methoxy groups -OCH3 is 2. The van der Waals surface area contributed by atoms with Crippen molar-refractivity contribution in [2.24, 2.45) is 16.8 Å². The second kappa shape index (κ2) is 20.8. The van der Waals surface area contributed by atoms with Crippen LogP contribution >= 0.6 is 0 Å². The van der Waals surface area contributed by atoms with Crippen LogP contribution in [0, 0.1) is 25.7 Å². The molecule has 0 radical (unpaired) electrons. The lowest BCUT2D eigenvalue weighted by Gasteiger charge is -2.48. The summed E-state index contributed by atoms with van der Waals surface area (Å²) in [6.07, 6.45) is -3.76. The maximum atomic E-state index is 13.7. The summed E-state index contributed by atoms with van der Waals surface area (Å²) >= 11 is 0. The van der Waals surface area contributed by atoms with Crippen LogP contribution in [0.3, 0.4) is 0 Å². The zero-order valence-electron chi connectivity index (χ0n) is 40.3. The Morgan fingerprint density at radius 1 is 0.890 bits per heavy atom. The van der Waals surface area contributed by atoms with E-state index in [0.717, 1.165) is 10.0 Å². The number of fused-ring (bicyclic) bond motifs is 4. The molecule has 5 N–H and O–H groups in total. The Labute approximate surface area is 418 Å². The number of esters is 1. The highest BCUT2D eigenvalue weighted by molar-refractivity contribution is 6.41. The smallest absolute Gasteiger partial charge is 0.502 e. The molecule has 3 fully saturated rings. The number of cyclic esters (lactones) is 1. The van der Waals surface area contributed by atoms with Crippen LogP contribution in [-0.4, -0.2) is 135 Å². The number of aromatic nitrogens is 1. The molecule has 5 aliphatic heterocycles. The van der Waals surface area contributed by atoms with Gasteiger partial charge in [-0.05, 0) is 91.1 Å². The quantitative estimate of drug-likeness (QED) is 0.0603. The number of aliphatic hydroxyl groups excluding tert-OH is 2. The summed E-state index contributed by atoms with van der Waals surface area (Å²) in [4.78, 5) is 43.9. The number of aromatic hydroxyl groups is 1. The number of carbonyl (C=O) groups is 3. The van der Waals surface area contributed by atoms with Crippen LogP contribution in [0.2, 0.25) is 0 Å². The fourth-order valence-electron chi connectivity index (χ4n) is 10.8. The first-order chi connectivity index (χ1) is 35.2. The highest BCUT2D eigenvalue weighted by Crippen LogP contribution is 2.57. The van der Waals surface area contributed by atoms with E-state index in [4.69, 9.17) is 42.6 Å². The zero-order valence-corrected chi connectivity index (χ0v) is 40.3. The number of rotatable bonds is 16. The van der Waals surface area contributed by atoms with Gasteiger partial charge in [-0.3, -0.25) is 28.0 Å². The summed E-state index contributed by atoms with van der Waals surface area (Å²) in [7, 11) is 0.185. The first kappa shape index (κ1) is 50.0. The molecule has 1 aromatic heterocycles. The number of hydrogen-bond donors (Lipinski definition) is 5. The fourth-order valence-corrected chi connectivity index (χ4v) is 10.8. The molecule has 22 heteroatoms. The van der Waals surface area contributed by atoms with E-state index in [2.05, 4.69) is 15.6 Å². The SMILES string of the molecule is COc1cc([C@@H]2c3cc4c(cc3[C@@H](O[C@@H]3O[C@@H]5CO[C@@H](c6ccc(C(=O)NCCNC(=O)CCC7=NC(Cc8c(C)cc(C)n8B(F)F)C=C7)cc6)O[C@@H]5[C@H](O)[C@H]3O)C3COC(=O)[C@@H]32)OCO4)cc(OC)c1O. The Bertz CT molecular complexity index is 2800. The number of nitrogens with zero attached hydrogens (tertiary/aromatic N) is 2. The van der Waals surface area contributed by atoms with Crippen molar-refractivity contribution >= 4 is 30.9 Å². The van der Waals surface area contributed by atoms with Gasteiger partial charge in [0.15, 0.2) is 35.6 Å². The van der Waals surface area contributed by atoms with E-state index >= 15 is 0 Å². The molecular formula is C51H55BF2N4O15. The predicted molar refractivity (Wildman–Crippen MR) is 254 cm³/mol. The summed E-state index contributed by atoms with van der Waals surface area (Å²) in [6, 6.07) is 14.7. The number of nitrogens with one attached hydrogen (secondary N) is 2. The Balaban J connectivity index is 0.725. The first-order valence-corrected chi connectivity index (χ1v) is 24.1. The van der Waals surface area contributed by atoms with Crippen LogP contribution in [0.5, 0.6) is 28.7 Å². The summed E-state index contributed by atoms with van der Waals surface area (Å²) in [5, 5.41) is 39.5. The number of phenolic OH excluding ortho intramolecular Hbond substituents is 1. The first-order valence-electron chi connectivity index (χ1n) is 24.1. The molecule has 1 aliphatic carbocycles. The van der Waals surface area contributed by atoms with Crippen LogP contribution in [0.4, 0.5) is 8.63 Å². The normalized spacial score (nSPS) is 27.6. The molecule has 6 aliphatic rings. The van der Waals surface area contributed by atoms with Crippen molar-refractivity contribution in [2.45, 2.75) is 88.2 Å². The molecule has 2 amide bonds. The molecule has 11 atom stereocenters. The number of allylic oxidation sites excluding steroid dienone is 1. The molecule has 3 aromatic carbocycles. The van der Waals surface area contributed by atoms with Crippen molar-refractivity contribution in [3.63, 3.8) is 0 Å². The summed E-state index contributed by atoms with van der Waals surface area (Å²) in [6.45, 7) is 3.70. The minimum absolute atomic E-state index is 0.0253. The van der Waals surface area contributed by atoms with Crippen molar-refractivity contribution in [3.05, 3.63) is 112 Å². The van der Waals surface area contributed by atoms with Gasteiger partial charge in [0, 0.05) is 66.0 Å². The molecule has 4 aromatic rings. The lowest BCUT2D eigenvalue weighted by Crippen LogP contribution is -2.62. The molecule has 10 rings (SSSR count). The number of amides is 2. The third kappa shape index (κ3) is 9.74. The van der Waals surface area contributed by atoms with Gasteiger partial charge in [0.2, 0.25) is 18.4 Å². The predicted octanol–water partition coefficient (Wildman–Crippen LogP) is 4.13. The maximum absolute atomic E-state index is 13.7. The van der Waals surface area contributed by atoms with E-state index in [1.54, 1.807) is 61.5 Å². The topological polar surface area (TPSA) is 236 Å². The average Bonchev–Trinajstić information content (AvgIpc) is 4.20. The number of halogens is 2. The molecule has 3 saturated heterocycles. The van der Waals surface area contributed by atoms with Gasteiger partial charge < -0.3 is 73.1 Å². The Kier molecular flexibility index (Phi) is 14.2. The van der Waals surface area contributed by atoms with Crippen LogP contribution in [0.15, 0.2) is 71.7 Å². The Hall–Kier alpha value is -6.56. The van der Waals surface area contributed by atoms with Crippen LogP contribution in [0.25, 0.3) is 0 Å². The number of aliphatic imine (C=N–C) groups is 1. The van der Waals surface area contributed by atoms with Gasteiger partial charge in [0.25, 0.3) is 5.91 Å². The van der Waals surface area contributed by atoms with E-state index in [1.165, 1.54) is 14.2 Å². The highest BCUT2D eigenvalue weighted by Gasteiger charge is 2.56. The van der Waals surface area contributed by atoms with Crippen molar-refractivity contribution in [1.82, 2.24) is 15.1 Å². The van der Waals surface area contributed by atoms with E-state index in [1.807, 2.05) is 19.1 Å². The monoisotopic (exact) mass is 1010 g/mol. The second-order valence-corrected chi connectivity index (χ2v) is 18.8. The van der Waals surface area contributed by atoms with Gasteiger partial charge in [-0.15, -0.1) is 0 Å². The molecule has 2 unspecified atom stereocenters. The number of aryl methyl sites for hydroxylation is 2. The molecule has 6 heterocycles.